The summed E-state index contributed by atoms with van der Waals surface area (Å²) in [6.07, 6.45) is 0. The van der Waals surface area contributed by atoms with Gasteiger partial charge in [-0.05, 0) is 92.0 Å². The van der Waals surface area contributed by atoms with E-state index in [1.807, 2.05) is 30.3 Å². The van der Waals surface area contributed by atoms with Crippen LogP contribution in [0.15, 0.2) is 235 Å². The van der Waals surface area contributed by atoms with E-state index in [0.717, 1.165) is 72.3 Å². The molecule has 0 saturated heterocycles. The second-order valence-corrected chi connectivity index (χ2v) is 16.1. The lowest BCUT2D eigenvalue weighted by Crippen LogP contribution is -2.28. The van der Waals surface area contributed by atoms with E-state index in [1.54, 1.807) is 0 Å². The minimum absolute atomic E-state index is 0.504. The van der Waals surface area contributed by atoms with Gasteiger partial charge in [0.2, 0.25) is 0 Å². The number of aromatic nitrogens is 2. The van der Waals surface area contributed by atoms with E-state index < -0.39 is 5.41 Å². The summed E-state index contributed by atoms with van der Waals surface area (Å²) < 4.78 is 6.11. The summed E-state index contributed by atoms with van der Waals surface area (Å²) in [5.41, 5.74) is 18.2. The van der Waals surface area contributed by atoms with Crippen LogP contribution in [0.3, 0.4) is 0 Å². The Bertz CT molecular complexity index is 3400. The lowest BCUT2D eigenvalue weighted by atomic mass is 9.67. The molecule has 0 unspecified atom stereocenters. The highest BCUT2D eigenvalue weighted by molar-refractivity contribution is 6.06. The molecule has 3 nitrogen and oxygen atoms in total. The average molecular weight is 791 g/mol. The highest BCUT2D eigenvalue weighted by Gasteiger charge is 2.46. The fraction of sp³-hybridized carbons (Fsp3) is 0.0169. The minimum atomic E-state index is -0.504. The Hall–Kier alpha value is -8.14. The third-order valence-corrected chi connectivity index (χ3v) is 12.6. The van der Waals surface area contributed by atoms with Gasteiger partial charge < -0.3 is 4.42 Å². The van der Waals surface area contributed by atoms with Crippen LogP contribution in [-0.4, -0.2) is 9.97 Å². The molecule has 0 aliphatic heterocycles. The predicted octanol–water partition coefficient (Wildman–Crippen LogP) is 15.1. The minimum Gasteiger partial charge on any atom is -0.456 e. The van der Waals surface area contributed by atoms with Crippen molar-refractivity contribution in [3.05, 3.63) is 253 Å². The van der Waals surface area contributed by atoms with Gasteiger partial charge in [-0.25, -0.2) is 9.97 Å². The lowest BCUT2D eigenvalue weighted by molar-refractivity contribution is 0.669. The standard InChI is InChI=1S/C59H38N2O/c1-4-15-41(16-5-1)58-60-54(40-29-27-39(28-30-40)42-17-14-18-43(35-42)44-32-34-57-51(36-44)50-24-11-13-26-56(50)62-57)38-55(61-58)45-31-33-49-48-23-10-12-25-52(48)59(53(49)37-45,46-19-6-2-7-20-46)47-21-8-3-9-22-47/h1-38H. The van der Waals surface area contributed by atoms with Crippen LogP contribution in [0.2, 0.25) is 0 Å². The maximum atomic E-state index is 6.11. The molecule has 2 aromatic heterocycles. The molecule has 290 valence electrons. The zero-order valence-corrected chi connectivity index (χ0v) is 33.7. The van der Waals surface area contributed by atoms with Crippen molar-refractivity contribution in [3.63, 3.8) is 0 Å². The molecule has 0 atom stereocenters. The number of hydrogen-bond acceptors (Lipinski definition) is 3. The van der Waals surface area contributed by atoms with Crippen molar-refractivity contribution in [1.82, 2.24) is 9.97 Å². The monoisotopic (exact) mass is 790 g/mol. The quantitative estimate of drug-likeness (QED) is 0.161. The summed E-state index contributed by atoms with van der Waals surface area (Å²) in [5, 5.41) is 2.26. The number of rotatable bonds is 7. The topological polar surface area (TPSA) is 38.9 Å². The van der Waals surface area contributed by atoms with Crippen molar-refractivity contribution in [2.24, 2.45) is 0 Å². The van der Waals surface area contributed by atoms with Gasteiger partial charge in [-0.2, -0.15) is 0 Å². The molecule has 0 saturated carbocycles. The van der Waals surface area contributed by atoms with Gasteiger partial charge in [0.05, 0.1) is 16.8 Å². The number of benzene rings is 9. The highest BCUT2D eigenvalue weighted by Crippen LogP contribution is 2.56. The summed E-state index contributed by atoms with van der Waals surface area (Å²) >= 11 is 0. The number of nitrogens with zero attached hydrogens (tertiary/aromatic N) is 2. The van der Waals surface area contributed by atoms with E-state index in [2.05, 4.69) is 200 Å². The SMILES string of the molecule is c1ccc(-c2nc(-c3ccc(-c4cccc(-c5ccc6oc7ccccc7c6c5)c4)cc3)cc(-c3ccc4c(c3)C(c3ccccc3)(c3ccccc3)c3ccccc3-4)n2)cc1. The normalized spacial score (nSPS) is 12.6. The van der Waals surface area contributed by atoms with Crippen LogP contribution in [0.25, 0.3) is 89.2 Å². The van der Waals surface area contributed by atoms with Crippen molar-refractivity contribution in [1.29, 1.82) is 0 Å². The first kappa shape index (κ1) is 35.8. The third-order valence-electron chi connectivity index (χ3n) is 12.6. The van der Waals surface area contributed by atoms with Crippen LogP contribution < -0.4 is 0 Å². The van der Waals surface area contributed by atoms with Gasteiger partial charge in [-0.15, -0.1) is 0 Å². The van der Waals surface area contributed by atoms with Crippen LogP contribution >= 0.6 is 0 Å². The fourth-order valence-electron chi connectivity index (χ4n) is 9.68. The molecule has 11 aromatic rings. The average Bonchev–Trinajstić information content (AvgIpc) is 3.88. The fourth-order valence-corrected chi connectivity index (χ4v) is 9.68. The van der Waals surface area contributed by atoms with E-state index in [0.29, 0.717) is 5.82 Å². The number of para-hydroxylation sites is 1. The molecule has 0 spiro atoms. The molecule has 0 amide bonds. The van der Waals surface area contributed by atoms with Gasteiger partial charge >= 0.3 is 0 Å². The molecule has 9 aromatic carbocycles. The molecule has 0 bridgehead atoms. The zero-order valence-electron chi connectivity index (χ0n) is 33.7. The van der Waals surface area contributed by atoms with Crippen LogP contribution in [-0.2, 0) is 5.41 Å². The van der Waals surface area contributed by atoms with E-state index in [9.17, 15) is 0 Å². The first-order valence-electron chi connectivity index (χ1n) is 21.1. The van der Waals surface area contributed by atoms with Gasteiger partial charge in [0, 0.05) is 27.5 Å². The van der Waals surface area contributed by atoms with E-state index in [4.69, 9.17) is 14.4 Å². The van der Waals surface area contributed by atoms with E-state index >= 15 is 0 Å². The Kier molecular flexibility index (Phi) is 8.39. The first-order chi connectivity index (χ1) is 30.7. The number of furan rings is 1. The molecule has 1 aliphatic rings. The molecule has 0 N–H and O–H groups in total. The molecule has 3 heteroatoms. The largest absolute Gasteiger partial charge is 0.456 e. The summed E-state index contributed by atoms with van der Waals surface area (Å²) in [6.45, 7) is 0. The second-order valence-electron chi connectivity index (χ2n) is 16.1. The van der Waals surface area contributed by atoms with Gasteiger partial charge in [0.25, 0.3) is 0 Å². The number of fused-ring (bicyclic) bond motifs is 6. The third kappa shape index (κ3) is 5.82. The summed E-state index contributed by atoms with van der Waals surface area (Å²) in [4.78, 5) is 10.5. The molecule has 1 aliphatic carbocycles. The Balaban J connectivity index is 0.957. The van der Waals surface area contributed by atoms with Gasteiger partial charge in [0.1, 0.15) is 11.2 Å². The Morgan fingerprint density at radius 2 is 0.839 bits per heavy atom. The Morgan fingerprint density at radius 1 is 0.306 bits per heavy atom. The molecule has 0 fully saturated rings. The van der Waals surface area contributed by atoms with Crippen molar-refractivity contribution in [2.75, 3.05) is 0 Å². The highest BCUT2D eigenvalue weighted by atomic mass is 16.3. The maximum Gasteiger partial charge on any atom is 0.160 e. The van der Waals surface area contributed by atoms with Crippen molar-refractivity contribution in [2.45, 2.75) is 5.41 Å². The predicted molar refractivity (Wildman–Crippen MR) is 254 cm³/mol. The first-order valence-corrected chi connectivity index (χ1v) is 21.1. The van der Waals surface area contributed by atoms with Crippen LogP contribution in [0, 0.1) is 0 Å². The van der Waals surface area contributed by atoms with E-state index in [1.165, 1.54) is 33.4 Å². The lowest BCUT2D eigenvalue weighted by Gasteiger charge is -2.34. The van der Waals surface area contributed by atoms with Crippen LogP contribution in [0.5, 0.6) is 0 Å². The smallest absolute Gasteiger partial charge is 0.160 e. The zero-order chi connectivity index (χ0) is 41.0. The van der Waals surface area contributed by atoms with Crippen molar-refractivity contribution in [3.8, 4) is 67.3 Å². The maximum absolute atomic E-state index is 6.11. The summed E-state index contributed by atoms with van der Waals surface area (Å²) in [6, 6.07) is 82.3. The molecule has 62 heavy (non-hydrogen) atoms. The summed E-state index contributed by atoms with van der Waals surface area (Å²) in [7, 11) is 0. The molecule has 0 radical (unpaired) electrons. The molecular formula is C59H38N2O. The van der Waals surface area contributed by atoms with Crippen molar-refractivity contribution < 1.29 is 4.42 Å². The Morgan fingerprint density at radius 3 is 1.60 bits per heavy atom. The molecule has 12 rings (SSSR count). The second kappa shape index (κ2) is 14.5. The van der Waals surface area contributed by atoms with Crippen LogP contribution in [0.1, 0.15) is 22.3 Å². The Labute approximate surface area is 360 Å². The van der Waals surface area contributed by atoms with Gasteiger partial charge in [0.15, 0.2) is 5.82 Å². The van der Waals surface area contributed by atoms with Gasteiger partial charge in [-0.1, -0.05) is 194 Å². The number of hydrogen-bond donors (Lipinski definition) is 0. The molecular weight excluding hydrogens is 753 g/mol. The van der Waals surface area contributed by atoms with Crippen molar-refractivity contribution >= 4 is 21.9 Å². The summed E-state index contributed by atoms with van der Waals surface area (Å²) in [5.74, 6) is 0.693. The van der Waals surface area contributed by atoms with Gasteiger partial charge in [-0.3, -0.25) is 0 Å². The molecule has 2 heterocycles. The van der Waals surface area contributed by atoms with E-state index in [-0.39, 0.29) is 0 Å². The van der Waals surface area contributed by atoms with Crippen LogP contribution in [0.4, 0.5) is 0 Å².